The zero-order valence-electron chi connectivity index (χ0n) is 6.40. The van der Waals surface area contributed by atoms with Crippen molar-refractivity contribution < 1.29 is 4.39 Å². The monoisotopic (exact) mass is 183 g/mol. The second kappa shape index (κ2) is 2.52. The second-order valence-electron chi connectivity index (χ2n) is 2.28. The van der Waals surface area contributed by atoms with Gasteiger partial charge in [0.2, 0.25) is 0 Å². The van der Waals surface area contributed by atoms with Gasteiger partial charge in [0.25, 0.3) is 0 Å². The van der Waals surface area contributed by atoms with Crippen molar-refractivity contribution in [3.05, 3.63) is 12.4 Å². The van der Waals surface area contributed by atoms with Crippen molar-refractivity contribution >= 4 is 17.0 Å². The summed E-state index contributed by atoms with van der Waals surface area (Å²) in [5.74, 6) is 5.15. The maximum atomic E-state index is 13.0. The number of halogens is 1. The molecule has 0 aliphatic heterocycles. The summed E-state index contributed by atoms with van der Waals surface area (Å²) in [6.45, 7) is 0. The molecule has 0 unspecified atom stereocenters. The first-order chi connectivity index (χ1) is 6.24. The number of aromatic nitrogens is 4. The molecule has 0 fully saturated rings. The van der Waals surface area contributed by atoms with Gasteiger partial charge in [-0.1, -0.05) is 0 Å². The first kappa shape index (κ1) is 7.68. The number of imidazole rings is 1. The van der Waals surface area contributed by atoms with Crippen molar-refractivity contribution in [2.24, 2.45) is 5.84 Å². The first-order valence-electron chi connectivity index (χ1n) is 3.35. The number of anilines is 1. The van der Waals surface area contributed by atoms with E-state index in [9.17, 15) is 4.39 Å². The van der Waals surface area contributed by atoms with E-state index in [4.69, 9.17) is 11.6 Å². The number of rotatable bonds is 1. The second-order valence-corrected chi connectivity index (χ2v) is 2.28. The Hall–Kier alpha value is -1.96. The van der Waals surface area contributed by atoms with Crippen molar-refractivity contribution in [3.63, 3.8) is 0 Å². The summed E-state index contributed by atoms with van der Waals surface area (Å²) in [5, 5.41) is 0. The quantitative estimate of drug-likeness (QED) is 0.296. The van der Waals surface area contributed by atoms with Crippen LogP contribution in [0.5, 0.6) is 0 Å². The van der Waals surface area contributed by atoms with Crippen LogP contribution in [-0.4, -0.2) is 19.6 Å². The van der Waals surface area contributed by atoms with Crippen molar-refractivity contribution in [3.8, 4) is 0 Å². The minimum absolute atomic E-state index is 0.109. The average molecular weight is 183 g/mol. The number of hydrogen-bond donors (Lipinski definition) is 3. The summed E-state index contributed by atoms with van der Waals surface area (Å²) in [6.07, 6.45) is 0.386. The molecule has 8 heteroatoms. The van der Waals surface area contributed by atoms with Crippen LogP contribution < -0.4 is 17.1 Å². The molecule has 2 heterocycles. The molecule has 0 bridgehead atoms. The SMILES string of the molecule is NNn1c(F)nc2c(N)ncnc21. The van der Waals surface area contributed by atoms with Gasteiger partial charge >= 0.3 is 6.08 Å². The highest BCUT2D eigenvalue weighted by Gasteiger charge is 2.12. The maximum Gasteiger partial charge on any atom is 0.311 e. The fourth-order valence-corrected chi connectivity index (χ4v) is 0.998. The van der Waals surface area contributed by atoms with Gasteiger partial charge in [-0.3, -0.25) is 5.53 Å². The van der Waals surface area contributed by atoms with Crippen molar-refractivity contribution in [2.75, 3.05) is 11.3 Å². The number of fused-ring (bicyclic) bond motifs is 1. The molecule has 0 amide bonds. The van der Waals surface area contributed by atoms with E-state index in [-0.39, 0.29) is 17.0 Å². The Balaban J connectivity index is 2.86. The van der Waals surface area contributed by atoms with Gasteiger partial charge in [0.1, 0.15) is 6.33 Å². The van der Waals surface area contributed by atoms with E-state index in [0.29, 0.717) is 0 Å². The lowest BCUT2D eigenvalue weighted by molar-refractivity contribution is 0.507. The van der Waals surface area contributed by atoms with E-state index in [1.165, 1.54) is 6.33 Å². The highest BCUT2D eigenvalue weighted by Crippen LogP contribution is 2.14. The average Bonchev–Trinajstić information content (AvgIpc) is 2.43. The molecule has 2 aromatic heterocycles. The Bertz CT molecular complexity index is 449. The van der Waals surface area contributed by atoms with Gasteiger partial charge in [-0.05, 0) is 0 Å². The molecule has 2 rings (SSSR count). The summed E-state index contributed by atoms with van der Waals surface area (Å²) in [7, 11) is 0. The number of nitrogens with two attached hydrogens (primary N) is 2. The van der Waals surface area contributed by atoms with E-state index >= 15 is 0 Å². The molecule has 68 valence electrons. The minimum atomic E-state index is -0.815. The molecule has 0 radical (unpaired) electrons. The molecule has 0 aromatic carbocycles. The van der Waals surface area contributed by atoms with E-state index in [0.717, 1.165) is 4.68 Å². The van der Waals surface area contributed by atoms with Gasteiger partial charge in [0, 0.05) is 0 Å². The van der Waals surface area contributed by atoms with Gasteiger partial charge in [-0.25, -0.2) is 15.8 Å². The summed E-state index contributed by atoms with van der Waals surface area (Å²) < 4.78 is 13.8. The van der Waals surface area contributed by atoms with Gasteiger partial charge < -0.3 is 5.73 Å². The largest absolute Gasteiger partial charge is 0.382 e. The van der Waals surface area contributed by atoms with Crippen LogP contribution in [0.2, 0.25) is 0 Å². The summed E-state index contributed by atoms with van der Waals surface area (Å²) in [4.78, 5) is 10.9. The molecule has 7 nitrogen and oxygen atoms in total. The fourth-order valence-electron chi connectivity index (χ4n) is 0.998. The van der Waals surface area contributed by atoms with Crippen LogP contribution in [0.4, 0.5) is 10.2 Å². The number of hydrazine groups is 1. The summed E-state index contributed by atoms with van der Waals surface area (Å²) in [5.41, 5.74) is 7.89. The van der Waals surface area contributed by atoms with Gasteiger partial charge in [-0.15, -0.1) is 0 Å². The molecule has 5 N–H and O–H groups in total. The van der Waals surface area contributed by atoms with E-state index in [1.54, 1.807) is 0 Å². The molecule has 13 heavy (non-hydrogen) atoms. The minimum Gasteiger partial charge on any atom is -0.382 e. The molecular weight excluding hydrogens is 177 g/mol. The summed E-state index contributed by atoms with van der Waals surface area (Å²) >= 11 is 0. The molecule has 2 aromatic rings. The van der Waals surface area contributed by atoms with Crippen LogP contribution in [0.15, 0.2) is 6.33 Å². The third kappa shape index (κ3) is 0.957. The first-order valence-corrected chi connectivity index (χ1v) is 3.35. The lowest BCUT2D eigenvalue weighted by atomic mass is 10.5. The van der Waals surface area contributed by atoms with Crippen molar-refractivity contribution in [1.82, 2.24) is 19.6 Å². The molecule has 0 aliphatic rings. The van der Waals surface area contributed by atoms with Crippen LogP contribution in [0, 0.1) is 6.08 Å². The van der Waals surface area contributed by atoms with E-state index < -0.39 is 6.08 Å². The Morgan fingerprint density at radius 3 is 2.92 bits per heavy atom. The zero-order chi connectivity index (χ0) is 9.42. The van der Waals surface area contributed by atoms with Crippen LogP contribution >= 0.6 is 0 Å². The maximum absolute atomic E-state index is 13.0. The highest BCUT2D eigenvalue weighted by molar-refractivity contribution is 5.81. The Labute approximate surface area is 71.5 Å². The predicted octanol–water partition coefficient (Wildman–Crippen LogP) is -1.04. The molecular formula is C5H6FN7. The lowest BCUT2D eigenvalue weighted by Crippen LogP contribution is -2.23. The van der Waals surface area contributed by atoms with Crippen molar-refractivity contribution in [2.45, 2.75) is 0 Å². The van der Waals surface area contributed by atoms with Crippen molar-refractivity contribution in [1.29, 1.82) is 0 Å². The number of nitrogen functional groups attached to an aromatic ring is 2. The standard InChI is InChI=1S/C5H6FN7/c6-5-11-2-3(7)9-1-10-4(2)13(5)12-8/h1,12H,8H2,(H2,7,9,10). The van der Waals surface area contributed by atoms with Crippen LogP contribution in [-0.2, 0) is 0 Å². The fraction of sp³-hybridized carbons (Fsp3) is 0. The molecule has 0 spiro atoms. The van der Waals surface area contributed by atoms with Gasteiger partial charge in [0.05, 0.1) is 0 Å². The van der Waals surface area contributed by atoms with Gasteiger partial charge in [-0.2, -0.15) is 14.1 Å². The van der Waals surface area contributed by atoms with Crippen LogP contribution in [0.1, 0.15) is 0 Å². The third-order valence-corrected chi connectivity index (χ3v) is 1.56. The smallest absolute Gasteiger partial charge is 0.311 e. The lowest BCUT2D eigenvalue weighted by Gasteiger charge is -1.99. The van der Waals surface area contributed by atoms with Crippen LogP contribution in [0.3, 0.4) is 0 Å². The molecule has 0 atom stereocenters. The topological polar surface area (TPSA) is 108 Å². The van der Waals surface area contributed by atoms with Crippen LogP contribution in [0.25, 0.3) is 11.2 Å². The van der Waals surface area contributed by atoms with E-state index in [2.05, 4.69) is 20.5 Å². The normalized spacial score (nSPS) is 10.6. The van der Waals surface area contributed by atoms with Gasteiger partial charge in [0.15, 0.2) is 17.0 Å². The Morgan fingerprint density at radius 2 is 2.23 bits per heavy atom. The number of nitrogens with one attached hydrogen (secondary N) is 1. The molecule has 0 aliphatic carbocycles. The third-order valence-electron chi connectivity index (χ3n) is 1.56. The zero-order valence-corrected chi connectivity index (χ0v) is 6.40. The number of nitrogens with zero attached hydrogens (tertiary/aromatic N) is 4. The highest BCUT2D eigenvalue weighted by atomic mass is 19.1. The molecule has 0 saturated carbocycles. The number of hydrogen-bond acceptors (Lipinski definition) is 6. The summed E-state index contributed by atoms with van der Waals surface area (Å²) in [6, 6.07) is 0. The predicted molar refractivity (Wildman–Crippen MR) is 43.2 cm³/mol. The Kier molecular flexibility index (Phi) is 1.49. The van der Waals surface area contributed by atoms with E-state index in [1.807, 2.05) is 0 Å². The molecule has 0 saturated heterocycles. The Morgan fingerprint density at radius 1 is 1.46 bits per heavy atom.